The van der Waals surface area contributed by atoms with Crippen LogP contribution in [0.2, 0.25) is 5.02 Å². The molecule has 0 aliphatic rings. The molecule has 180 valence electrons. The van der Waals surface area contributed by atoms with Gasteiger partial charge in [-0.25, -0.2) is 0 Å². The van der Waals surface area contributed by atoms with E-state index < -0.39 is 0 Å². The molecule has 0 saturated carbocycles. The number of hydrogen-bond acceptors (Lipinski definition) is 6. The van der Waals surface area contributed by atoms with E-state index in [-0.39, 0.29) is 17.5 Å². The predicted octanol–water partition coefficient (Wildman–Crippen LogP) is 6.70. The summed E-state index contributed by atoms with van der Waals surface area (Å²) in [4.78, 5) is 13.2. The monoisotopic (exact) mass is 507 g/mol. The zero-order chi connectivity index (χ0) is 24.9. The number of aromatic nitrogens is 3. The van der Waals surface area contributed by atoms with Gasteiger partial charge in [-0.1, -0.05) is 55.4 Å². The normalized spacial score (nSPS) is 11.0. The first-order valence-electron chi connectivity index (χ1n) is 11.1. The number of halogens is 1. The van der Waals surface area contributed by atoms with E-state index in [0.717, 1.165) is 16.8 Å². The van der Waals surface area contributed by atoms with Gasteiger partial charge in [0, 0.05) is 10.6 Å². The summed E-state index contributed by atoms with van der Waals surface area (Å²) < 4.78 is 12.7. The van der Waals surface area contributed by atoms with Gasteiger partial charge in [0.15, 0.2) is 16.8 Å². The molecular weight excluding hydrogens is 482 g/mol. The quantitative estimate of drug-likeness (QED) is 0.185. The Balaban J connectivity index is 1.74. The maximum atomic E-state index is 13.2. The maximum absolute atomic E-state index is 13.2. The van der Waals surface area contributed by atoms with Crippen molar-refractivity contribution in [1.82, 2.24) is 14.8 Å². The van der Waals surface area contributed by atoms with Crippen molar-refractivity contribution in [1.29, 1.82) is 0 Å². The van der Waals surface area contributed by atoms with Crippen LogP contribution in [0.4, 0.5) is 0 Å². The number of Topliss-reactive ketones (excluding diaryl/α,β-unsaturated/α-hetero) is 1. The Hall–Kier alpha value is -3.29. The molecule has 35 heavy (non-hydrogen) atoms. The lowest BCUT2D eigenvalue weighted by Crippen LogP contribution is -2.08. The highest BCUT2D eigenvalue weighted by Gasteiger charge is 2.21. The Kier molecular flexibility index (Phi) is 7.78. The van der Waals surface area contributed by atoms with Crippen LogP contribution in [0.3, 0.4) is 0 Å². The molecule has 0 aliphatic carbocycles. The summed E-state index contributed by atoms with van der Waals surface area (Å²) in [6, 6.07) is 20.9. The highest BCUT2D eigenvalue weighted by Crippen LogP contribution is 2.33. The number of hydrogen-bond donors (Lipinski definition) is 0. The third-order valence-electron chi connectivity index (χ3n) is 5.57. The zero-order valence-corrected chi connectivity index (χ0v) is 21.6. The van der Waals surface area contributed by atoms with Crippen molar-refractivity contribution in [2.45, 2.75) is 24.9 Å². The van der Waals surface area contributed by atoms with Crippen molar-refractivity contribution in [2.24, 2.45) is 0 Å². The molecule has 1 heterocycles. The second-order valence-electron chi connectivity index (χ2n) is 8.14. The number of rotatable bonds is 9. The highest BCUT2D eigenvalue weighted by molar-refractivity contribution is 7.99. The van der Waals surface area contributed by atoms with E-state index in [9.17, 15) is 4.79 Å². The molecule has 3 aromatic carbocycles. The van der Waals surface area contributed by atoms with Crippen LogP contribution in [0.1, 0.15) is 35.7 Å². The minimum absolute atomic E-state index is 0.0921. The Morgan fingerprint density at radius 1 is 1.00 bits per heavy atom. The summed E-state index contributed by atoms with van der Waals surface area (Å²) in [5.41, 5.74) is 3.48. The maximum Gasteiger partial charge on any atom is 0.196 e. The van der Waals surface area contributed by atoms with Gasteiger partial charge in [0.2, 0.25) is 0 Å². The molecule has 4 rings (SSSR count). The molecule has 0 N–H and O–H groups in total. The van der Waals surface area contributed by atoms with Crippen LogP contribution in [-0.4, -0.2) is 40.5 Å². The van der Waals surface area contributed by atoms with Gasteiger partial charge in [0.25, 0.3) is 0 Å². The van der Waals surface area contributed by atoms with Crippen LogP contribution < -0.4 is 9.47 Å². The van der Waals surface area contributed by atoms with Gasteiger partial charge in [-0.15, -0.1) is 10.2 Å². The standard InChI is InChI=1S/C27H26ClN3O3S/c1-17(2)21-7-5-6-8-23(21)31-26(18-9-11-19(28)12-10-18)29-30-27(31)35-16-24(32)22-15-20(33-3)13-14-25(22)34-4/h5-15,17H,16H2,1-4H3. The molecule has 0 saturated heterocycles. The molecule has 0 radical (unpaired) electrons. The number of nitrogens with zero attached hydrogens (tertiary/aromatic N) is 3. The van der Waals surface area contributed by atoms with Crippen LogP contribution in [0.15, 0.2) is 71.9 Å². The molecule has 0 unspecified atom stereocenters. The molecule has 0 amide bonds. The third-order valence-corrected chi connectivity index (χ3v) is 6.76. The molecule has 0 aliphatic heterocycles. The fraction of sp³-hybridized carbons (Fsp3) is 0.222. The van der Waals surface area contributed by atoms with E-state index in [2.05, 4.69) is 36.2 Å². The van der Waals surface area contributed by atoms with E-state index >= 15 is 0 Å². The number of ether oxygens (including phenoxy) is 2. The first kappa shape index (κ1) is 24.8. The van der Waals surface area contributed by atoms with Gasteiger partial charge in [-0.05, 0) is 60.0 Å². The fourth-order valence-corrected chi connectivity index (χ4v) is 4.74. The van der Waals surface area contributed by atoms with Gasteiger partial charge in [0.05, 0.1) is 31.2 Å². The molecule has 0 spiro atoms. The van der Waals surface area contributed by atoms with Crippen molar-refractivity contribution < 1.29 is 14.3 Å². The number of benzene rings is 3. The average molecular weight is 508 g/mol. The Morgan fingerprint density at radius 3 is 2.43 bits per heavy atom. The van der Waals surface area contributed by atoms with Crippen LogP contribution in [0.25, 0.3) is 17.1 Å². The minimum atomic E-state index is -0.0921. The lowest BCUT2D eigenvalue weighted by atomic mass is 10.0. The molecule has 0 fully saturated rings. The van der Waals surface area contributed by atoms with E-state index in [0.29, 0.717) is 33.1 Å². The van der Waals surface area contributed by atoms with Crippen molar-refractivity contribution in [2.75, 3.05) is 20.0 Å². The predicted molar refractivity (Wildman–Crippen MR) is 140 cm³/mol. The van der Waals surface area contributed by atoms with Gasteiger partial charge in [-0.2, -0.15) is 0 Å². The summed E-state index contributed by atoms with van der Waals surface area (Å²) in [6.07, 6.45) is 0. The van der Waals surface area contributed by atoms with Gasteiger partial charge < -0.3 is 9.47 Å². The number of thioether (sulfide) groups is 1. The first-order chi connectivity index (χ1) is 16.9. The number of para-hydroxylation sites is 1. The summed E-state index contributed by atoms with van der Waals surface area (Å²) in [7, 11) is 3.11. The molecular formula is C27H26ClN3O3S. The van der Waals surface area contributed by atoms with Crippen LogP contribution in [0.5, 0.6) is 11.5 Å². The second kappa shape index (κ2) is 11.0. The summed E-state index contributed by atoms with van der Waals surface area (Å²) >= 11 is 7.45. The third kappa shape index (κ3) is 5.36. The van der Waals surface area contributed by atoms with Crippen molar-refractivity contribution in [3.05, 3.63) is 82.9 Å². The fourth-order valence-electron chi connectivity index (χ4n) is 3.79. The Morgan fingerprint density at radius 2 is 1.74 bits per heavy atom. The largest absolute Gasteiger partial charge is 0.497 e. The molecule has 4 aromatic rings. The number of carbonyl (C=O) groups excluding carboxylic acids is 1. The summed E-state index contributed by atoms with van der Waals surface area (Å²) in [6.45, 7) is 4.30. The number of ketones is 1. The van der Waals surface area contributed by atoms with Crippen LogP contribution in [-0.2, 0) is 0 Å². The Labute approximate surface area is 214 Å². The van der Waals surface area contributed by atoms with Crippen molar-refractivity contribution in [3.63, 3.8) is 0 Å². The first-order valence-corrected chi connectivity index (χ1v) is 12.5. The van der Waals surface area contributed by atoms with Crippen molar-refractivity contribution in [3.8, 4) is 28.6 Å². The smallest absolute Gasteiger partial charge is 0.196 e. The zero-order valence-electron chi connectivity index (χ0n) is 20.0. The minimum Gasteiger partial charge on any atom is -0.497 e. The van der Waals surface area contributed by atoms with E-state index in [1.54, 1.807) is 32.4 Å². The molecule has 1 aromatic heterocycles. The molecule has 6 nitrogen and oxygen atoms in total. The van der Waals surface area contributed by atoms with Crippen molar-refractivity contribution >= 4 is 29.1 Å². The molecule has 0 atom stereocenters. The van der Waals surface area contributed by atoms with Gasteiger partial charge in [0.1, 0.15) is 11.5 Å². The van der Waals surface area contributed by atoms with Gasteiger partial charge in [-0.3, -0.25) is 9.36 Å². The van der Waals surface area contributed by atoms with Crippen LogP contribution >= 0.6 is 23.4 Å². The second-order valence-corrected chi connectivity index (χ2v) is 9.52. The van der Waals surface area contributed by atoms with E-state index in [1.165, 1.54) is 11.8 Å². The molecule has 0 bridgehead atoms. The summed E-state index contributed by atoms with van der Waals surface area (Å²) in [5, 5.41) is 10.2. The summed E-state index contributed by atoms with van der Waals surface area (Å²) in [5.74, 6) is 2.14. The lowest BCUT2D eigenvalue weighted by Gasteiger charge is -2.17. The molecule has 8 heteroatoms. The van der Waals surface area contributed by atoms with Gasteiger partial charge >= 0.3 is 0 Å². The SMILES string of the molecule is COc1ccc(OC)c(C(=O)CSc2nnc(-c3ccc(Cl)cc3)n2-c2ccccc2C(C)C)c1. The van der Waals surface area contributed by atoms with E-state index in [4.69, 9.17) is 21.1 Å². The topological polar surface area (TPSA) is 66.2 Å². The lowest BCUT2D eigenvalue weighted by molar-refractivity contribution is 0.101. The highest BCUT2D eigenvalue weighted by atomic mass is 35.5. The number of methoxy groups -OCH3 is 2. The Bertz CT molecular complexity index is 1340. The average Bonchev–Trinajstić information content (AvgIpc) is 3.30. The van der Waals surface area contributed by atoms with Crippen LogP contribution in [0, 0.1) is 0 Å². The number of carbonyl (C=O) groups is 1. The van der Waals surface area contributed by atoms with E-state index in [1.807, 2.05) is 41.0 Å².